The predicted molar refractivity (Wildman–Crippen MR) is 63.3 cm³/mol. The summed E-state index contributed by atoms with van der Waals surface area (Å²) in [7, 11) is -15.9. The number of ether oxygens (including phenoxy) is 1. The Morgan fingerprint density at radius 2 is 1.70 bits per heavy atom. The van der Waals surface area contributed by atoms with Gasteiger partial charge in [-0.1, -0.05) is 6.92 Å². The van der Waals surface area contributed by atoms with Gasteiger partial charge in [-0.15, -0.1) is 0 Å². The number of rotatable bonds is 7. The SMILES string of the molecule is C[C@@H]1CO[C@H](COP(=O)(O)OP(=O)(O)OP(=O)(O)O)C1. The molecule has 1 fully saturated rings. The Labute approximate surface area is 114 Å². The normalized spacial score (nSPS) is 29.9. The maximum absolute atomic E-state index is 11.3. The van der Waals surface area contributed by atoms with Gasteiger partial charge in [0, 0.05) is 6.61 Å². The average Bonchev–Trinajstić information content (AvgIpc) is 2.55. The number of hydrogen-bond donors (Lipinski definition) is 4. The van der Waals surface area contributed by atoms with Crippen LogP contribution in [0.25, 0.3) is 0 Å². The Bertz CT molecular complexity index is 471. The molecule has 4 N–H and O–H groups in total. The van der Waals surface area contributed by atoms with Crippen molar-refractivity contribution in [2.24, 2.45) is 5.92 Å². The molecule has 1 aliphatic rings. The van der Waals surface area contributed by atoms with Gasteiger partial charge < -0.3 is 24.3 Å². The number of hydrogen-bond acceptors (Lipinski definition) is 7. The Morgan fingerprint density at radius 3 is 2.15 bits per heavy atom. The summed E-state index contributed by atoms with van der Waals surface area (Å²) in [5.41, 5.74) is 0. The summed E-state index contributed by atoms with van der Waals surface area (Å²) >= 11 is 0. The van der Waals surface area contributed by atoms with Crippen molar-refractivity contribution in [2.45, 2.75) is 19.4 Å². The summed E-state index contributed by atoms with van der Waals surface area (Å²) in [4.78, 5) is 34.7. The van der Waals surface area contributed by atoms with Crippen LogP contribution < -0.4 is 0 Å². The van der Waals surface area contributed by atoms with Crippen LogP contribution >= 0.6 is 23.5 Å². The van der Waals surface area contributed by atoms with E-state index in [1.807, 2.05) is 6.92 Å². The Kier molecular flexibility index (Phi) is 6.12. The molecule has 2 unspecified atom stereocenters. The van der Waals surface area contributed by atoms with Gasteiger partial charge in [0.1, 0.15) is 0 Å². The molecule has 0 aliphatic carbocycles. The highest BCUT2D eigenvalue weighted by Gasteiger charge is 2.41. The van der Waals surface area contributed by atoms with Crippen molar-refractivity contribution in [1.82, 2.24) is 0 Å². The van der Waals surface area contributed by atoms with Crippen LogP contribution in [0.15, 0.2) is 0 Å². The van der Waals surface area contributed by atoms with Gasteiger partial charge in [0.25, 0.3) is 0 Å². The van der Waals surface area contributed by atoms with Gasteiger partial charge in [-0.05, 0) is 12.3 Å². The molecule has 4 atom stereocenters. The van der Waals surface area contributed by atoms with Crippen molar-refractivity contribution in [3.8, 4) is 0 Å². The summed E-state index contributed by atoms with van der Waals surface area (Å²) in [5.74, 6) is 0.240. The first kappa shape index (κ1) is 18.4. The van der Waals surface area contributed by atoms with Crippen LogP contribution in [0.3, 0.4) is 0 Å². The minimum Gasteiger partial charge on any atom is -0.376 e. The van der Waals surface area contributed by atoms with Crippen LogP contribution in [-0.2, 0) is 31.6 Å². The smallest absolute Gasteiger partial charge is 0.376 e. The molecule has 0 amide bonds. The maximum atomic E-state index is 11.3. The molecule has 20 heavy (non-hydrogen) atoms. The average molecular weight is 356 g/mol. The lowest BCUT2D eigenvalue weighted by Crippen LogP contribution is -2.13. The highest BCUT2D eigenvalue weighted by atomic mass is 31.3. The fourth-order valence-corrected chi connectivity index (χ4v) is 4.53. The van der Waals surface area contributed by atoms with Gasteiger partial charge in [-0.3, -0.25) is 4.52 Å². The minimum atomic E-state index is -5.45. The first-order chi connectivity index (χ1) is 8.89. The van der Waals surface area contributed by atoms with Crippen LogP contribution in [0, 0.1) is 5.92 Å². The lowest BCUT2D eigenvalue weighted by molar-refractivity contribution is 0.0529. The fraction of sp³-hybridized carbons (Fsp3) is 1.00. The molecule has 14 heteroatoms. The van der Waals surface area contributed by atoms with Gasteiger partial charge in [0.05, 0.1) is 12.7 Å². The van der Waals surface area contributed by atoms with E-state index in [2.05, 4.69) is 13.1 Å². The second kappa shape index (κ2) is 6.64. The van der Waals surface area contributed by atoms with Crippen LogP contribution in [0.4, 0.5) is 0 Å². The standard InChI is InChI=1S/C6H15O11P3/c1-5-2-6(14-3-5)4-15-19(10,11)17-20(12,13)16-18(7,8)9/h5-6H,2-4H2,1H3,(H,10,11)(H,12,13)(H2,7,8,9)/t5-,6-/m0/s1. The largest absolute Gasteiger partial charge is 0.490 e. The highest BCUT2D eigenvalue weighted by Crippen LogP contribution is 2.66. The Morgan fingerprint density at radius 1 is 1.10 bits per heavy atom. The molecular weight excluding hydrogens is 341 g/mol. The van der Waals surface area contributed by atoms with E-state index < -0.39 is 29.6 Å². The van der Waals surface area contributed by atoms with Crippen molar-refractivity contribution in [1.29, 1.82) is 0 Å². The lowest BCUT2D eigenvalue weighted by Gasteiger charge is -2.17. The summed E-state index contributed by atoms with van der Waals surface area (Å²) < 4.78 is 49.4. The molecule has 0 spiro atoms. The second-order valence-corrected chi connectivity index (χ2v) is 8.60. The highest BCUT2D eigenvalue weighted by molar-refractivity contribution is 7.66. The molecule has 0 radical (unpaired) electrons. The molecule has 11 nitrogen and oxygen atoms in total. The van der Waals surface area contributed by atoms with E-state index in [1.54, 1.807) is 0 Å². The third-order valence-electron chi connectivity index (χ3n) is 2.12. The summed E-state index contributed by atoms with van der Waals surface area (Å²) in [6.07, 6.45) is 0.0883. The molecule has 0 aromatic carbocycles. The van der Waals surface area contributed by atoms with E-state index >= 15 is 0 Å². The van der Waals surface area contributed by atoms with Crippen molar-refractivity contribution < 1.29 is 51.2 Å². The zero-order valence-corrected chi connectivity index (χ0v) is 12.9. The Hall–Kier alpha value is 0.370. The van der Waals surface area contributed by atoms with Gasteiger partial charge in [-0.25, -0.2) is 13.7 Å². The van der Waals surface area contributed by atoms with Crippen LogP contribution in [0.5, 0.6) is 0 Å². The zero-order valence-electron chi connectivity index (χ0n) is 10.3. The maximum Gasteiger partial charge on any atom is 0.490 e. The molecule has 0 aromatic heterocycles. The van der Waals surface area contributed by atoms with E-state index in [-0.39, 0.29) is 12.5 Å². The topological polar surface area (TPSA) is 169 Å². The minimum absolute atomic E-state index is 0.240. The van der Waals surface area contributed by atoms with Gasteiger partial charge in [0.15, 0.2) is 0 Å². The van der Waals surface area contributed by atoms with E-state index in [1.165, 1.54) is 0 Å². The fourth-order valence-electron chi connectivity index (χ4n) is 1.48. The molecule has 120 valence electrons. The zero-order chi connectivity index (χ0) is 15.6. The Balaban J connectivity index is 2.50. The van der Waals surface area contributed by atoms with E-state index in [4.69, 9.17) is 24.3 Å². The van der Waals surface area contributed by atoms with Crippen LogP contribution in [-0.4, -0.2) is 38.9 Å². The third kappa shape index (κ3) is 7.40. The monoisotopic (exact) mass is 356 g/mol. The van der Waals surface area contributed by atoms with Crippen molar-refractivity contribution in [3.63, 3.8) is 0 Å². The summed E-state index contributed by atoms with van der Waals surface area (Å²) in [6.45, 7) is 1.96. The van der Waals surface area contributed by atoms with Crippen LogP contribution in [0.2, 0.25) is 0 Å². The lowest BCUT2D eigenvalue weighted by atomic mass is 10.1. The van der Waals surface area contributed by atoms with E-state index in [9.17, 15) is 13.7 Å². The van der Waals surface area contributed by atoms with Gasteiger partial charge >= 0.3 is 23.5 Å². The molecular formula is C6H15O11P3. The molecule has 0 bridgehead atoms. The molecule has 0 saturated carbocycles. The van der Waals surface area contributed by atoms with Crippen LogP contribution in [0.1, 0.15) is 13.3 Å². The van der Waals surface area contributed by atoms with Crippen molar-refractivity contribution in [2.75, 3.05) is 13.2 Å². The van der Waals surface area contributed by atoms with E-state index in [0.29, 0.717) is 13.0 Å². The molecule has 1 rings (SSSR count). The molecule has 0 aromatic rings. The summed E-state index contributed by atoms with van der Waals surface area (Å²) in [5, 5.41) is 0. The first-order valence-corrected chi connectivity index (χ1v) is 9.81. The van der Waals surface area contributed by atoms with Crippen molar-refractivity contribution >= 4 is 23.5 Å². The molecule has 1 heterocycles. The second-order valence-electron chi connectivity index (χ2n) is 4.18. The quantitative estimate of drug-likeness (QED) is 0.475. The number of phosphoric ester groups is 1. The number of phosphoric acid groups is 3. The first-order valence-electron chi connectivity index (χ1n) is 5.28. The van der Waals surface area contributed by atoms with E-state index in [0.717, 1.165) is 0 Å². The third-order valence-corrected chi connectivity index (χ3v) is 5.92. The summed E-state index contributed by atoms with van der Waals surface area (Å²) in [6, 6.07) is 0. The van der Waals surface area contributed by atoms with Crippen molar-refractivity contribution in [3.05, 3.63) is 0 Å². The van der Waals surface area contributed by atoms with Gasteiger partial charge in [0.2, 0.25) is 0 Å². The molecule has 1 aliphatic heterocycles. The molecule has 1 saturated heterocycles. The predicted octanol–water partition coefficient (Wildman–Crippen LogP) is 0.755. The van der Waals surface area contributed by atoms with Gasteiger partial charge in [-0.2, -0.15) is 8.62 Å².